The zero-order chi connectivity index (χ0) is 14.5. The molecule has 0 fully saturated rings. The van der Waals surface area contributed by atoms with Crippen molar-refractivity contribution in [3.63, 3.8) is 0 Å². The van der Waals surface area contributed by atoms with Crippen molar-refractivity contribution >= 4 is 45.2 Å². The highest BCUT2D eigenvalue weighted by Gasteiger charge is 2.04. The standard InChI is InChI=1S/C15H10BrClFNO/c16-11-4-1-10(2-5-11)3-8-15(20)19-14-7-6-12(17)9-13(14)18/h1-9H,(H,19,20). The summed E-state index contributed by atoms with van der Waals surface area (Å²) in [5, 5.41) is 2.73. The van der Waals surface area contributed by atoms with E-state index in [1.807, 2.05) is 24.3 Å². The van der Waals surface area contributed by atoms with E-state index < -0.39 is 11.7 Å². The predicted octanol–water partition coefficient (Wildman–Crippen LogP) is 4.89. The van der Waals surface area contributed by atoms with Crippen molar-refractivity contribution in [1.82, 2.24) is 0 Å². The first-order valence-electron chi connectivity index (χ1n) is 5.74. The van der Waals surface area contributed by atoms with Gasteiger partial charge in [0.2, 0.25) is 5.91 Å². The monoisotopic (exact) mass is 353 g/mol. The summed E-state index contributed by atoms with van der Waals surface area (Å²) in [6, 6.07) is 11.5. The Bertz CT molecular complexity index is 655. The van der Waals surface area contributed by atoms with Gasteiger partial charge in [0.25, 0.3) is 0 Å². The fourth-order valence-electron chi connectivity index (χ4n) is 1.51. The molecule has 0 aliphatic rings. The van der Waals surface area contributed by atoms with Gasteiger partial charge in [0.15, 0.2) is 0 Å². The van der Waals surface area contributed by atoms with Crippen LogP contribution in [0.3, 0.4) is 0 Å². The first kappa shape index (κ1) is 14.8. The van der Waals surface area contributed by atoms with Crippen molar-refractivity contribution < 1.29 is 9.18 Å². The average Bonchev–Trinajstić information content (AvgIpc) is 2.41. The molecule has 0 saturated carbocycles. The van der Waals surface area contributed by atoms with E-state index in [-0.39, 0.29) is 10.7 Å². The summed E-state index contributed by atoms with van der Waals surface area (Å²) in [5.74, 6) is -0.975. The second-order valence-corrected chi connectivity index (χ2v) is 5.35. The first-order valence-corrected chi connectivity index (χ1v) is 6.91. The molecule has 1 N–H and O–H groups in total. The van der Waals surface area contributed by atoms with E-state index in [1.54, 1.807) is 6.08 Å². The second kappa shape index (κ2) is 6.68. The van der Waals surface area contributed by atoms with Crippen molar-refractivity contribution in [3.05, 3.63) is 69.4 Å². The fourth-order valence-corrected chi connectivity index (χ4v) is 1.93. The number of hydrogen-bond acceptors (Lipinski definition) is 1. The van der Waals surface area contributed by atoms with Crippen molar-refractivity contribution in [2.75, 3.05) is 5.32 Å². The van der Waals surface area contributed by atoms with Gasteiger partial charge in [-0.1, -0.05) is 39.7 Å². The smallest absolute Gasteiger partial charge is 0.248 e. The molecule has 0 spiro atoms. The van der Waals surface area contributed by atoms with Crippen LogP contribution in [-0.4, -0.2) is 5.91 Å². The molecule has 0 atom stereocenters. The predicted molar refractivity (Wildman–Crippen MR) is 83.2 cm³/mol. The van der Waals surface area contributed by atoms with E-state index in [2.05, 4.69) is 21.2 Å². The summed E-state index contributed by atoms with van der Waals surface area (Å²) in [6.07, 6.45) is 2.99. The largest absolute Gasteiger partial charge is 0.320 e. The highest BCUT2D eigenvalue weighted by molar-refractivity contribution is 9.10. The summed E-state index contributed by atoms with van der Waals surface area (Å²) in [7, 11) is 0. The molecule has 0 unspecified atom stereocenters. The van der Waals surface area contributed by atoms with Crippen LogP contribution in [0.15, 0.2) is 53.0 Å². The van der Waals surface area contributed by atoms with Gasteiger partial charge in [0, 0.05) is 15.6 Å². The quantitative estimate of drug-likeness (QED) is 0.781. The molecular formula is C15H10BrClFNO. The summed E-state index contributed by atoms with van der Waals surface area (Å²) < 4.78 is 14.5. The molecule has 0 aliphatic heterocycles. The summed E-state index contributed by atoms with van der Waals surface area (Å²) in [5.41, 5.74) is 0.972. The Labute approximate surface area is 129 Å². The minimum atomic E-state index is -0.567. The van der Waals surface area contributed by atoms with Crippen molar-refractivity contribution in [1.29, 1.82) is 0 Å². The van der Waals surface area contributed by atoms with E-state index >= 15 is 0 Å². The van der Waals surface area contributed by atoms with E-state index in [4.69, 9.17) is 11.6 Å². The van der Waals surface area contributed by atoms with Crippen LogP contribution in [0.5, 0.6) is 0 Å². The van der Waals surface area contributed by atoms with Gasteiger partial charge in [-0.2, -0.15) is 0 Å². The molecule has 2 aromatic rings. The van der Waals surface area contributed by atoms with E-state index in [1.165, 1.54) is 18.2 Å². The molecule has 5 heteroatoms. The van der Waals surface area contributed by atoms with Crippen LogP contribution in [-0.2, 0) is 4.79 Å². The highest BCUT2D eigenvalue weighted by atomic mass is 79.9. The summed E-state index contributed by atoms with van der Waals surface area (Å²) in [4.78, 5) is 11.7. The van der Waals surface area contributed by atoms with Crippen molar-refractivity contribution in [3.8, 4) is 0 Å². The lowest BCUT2D eigenvalue weighted by Crippen LogP contribution is -2.09. The first-order chi connectivity index (χ1) is 9.54. The molecule has 0 aromatic heterocycles. The highest BCUT2D eigenvalue weighted by Crippen LogP contribution is 2.19. The van der Waals surface area contributed by atoms with Crippen LogP contribution >= 0.6 is 27.5 Å². The van der Waals surface area contributed by atoms with Gasteiger partial charge in [-0.15, -0.1) is 0 Å². The lowest BCUT2D eigenvalue weighted by molar-refractivity contribution is -0.111. The Morgan fingerprint density at radius 1 is 1.20 bits per heavy atom. The molecular weight excluding hydrogens is 345 g/mol. The summed E-state index contributed by atoms with van der Waals surface area (Å²) >= 11 is 8.96. The molecule has 0 bridgehead atoms. The van der Waals surface area contributed by atoms with Gasteiger partial charge in [0.1, 0.15) is 5.82 Å². The number of benzene rings is 2. The topological polar surface area (TPSA) is 29.1 Å². The lowest BCUT2D eigenvalue weighted by atomic mass is 10.2. The zero-order valence-corrected chi connectivity index (χ0v) is 12.6. The van der Waals surface area contributed by atoms with Crippen LogP contribution in [0, 0.1) is 5.82 Å². The Hall–Kier alpha value is -1.65. The maximum Gasteiger partial charge on any atom is 0.248 e. The Kier molecular flexibility index (Phi) is 4.93. The number of carbonyl (C=O) groups excluding carboxylic acids is 1. The van der Waals surface area contributed by atoms with Gasteiger partial charge in [-0.25, -0.2) is 4.39 Å². The lowest BCUT2D eigenvalue weighted by Gasteiger charge is -2.03. The maximum atomic E-state index is 13.5. The molecule has 0 radical (unpaired) electrons. The molecule has 20 heavy (non-hydrogen) atoms. The van der Waals surface area contributed by atoms with Gasteiger partial charge in [0.05, 0.1) is 5.69 Å². The Morgan fingerprint density at radius 3 is 2.55 bits per heavy atom. The van der Waals surface area contributed by atoms with E-state index in [0.29, 0.717) is 0 Å². The molecule has 102 valence electrons. The third-order valence-electron chi connectivity index (χ3n) is 2.49. The van der Waals surface area contributed by atoms with Crippen molar-refractivity contribution in [2.24, 2.45) is 0 Å². The average molecular weight is 355 g/mol. The maximum absolute atomic E-state index is 13.5. The minimum absolute atomic E-state index is 0.0971. The normalized spacial score (nSPS) is 10.8. The Balaban J connectivity index is 2.03. The number of rotatable bonds is 3. The van der Waals surface area contributed by atoms with Gasteiger partial charge < -0.3 is 5.32 Å². The van der Waals surface area contributed by atoms with E-state index in [0.717, 1.165) is 16.1 Å². The SMILES string of the molecule is O=C(C=Cc1ccc(Br)cc1)Nc1ccc(Cl)cc1F. The Morgan fingerprint density at radius 2 is 1.90 bits per heavy atom. The third kappa shape index (κ3) is 4.18. The molecule has 0 aliphatic carbocycles. The van der Waals surface area contributed by atoms with E-state index in [9.17, 15) is 9.18 Å². The van der Waals surface area contributed by atoms with Crippen LogP contribution < -0.4 is 5.32 Å². The van der Waals surface area contributed by atoms with Gasteiger partial charge in [-0.3, -0.25) is 4.79 Å². The molecule has 2 nitrogen and oxygen atoms in total. The van der Waals surface area contributed by atoms with Crippen LogP contribution in [0.2, 0.25) is 5.02 Å². The summed E-state index contributed by atoms with van der Waals surface area (Å²) in [6.45, 7) is 0. The number of anilines is 1. The minimum Gasteiger partial charge on any atom is -0.320 e. The van der Waals surface area contributed by atoms with Crippen LogP contribution in [0.25, 0.3) is 6.08 Å². The number of nitrogens with one attached hydrogen (secondary N) is 1. The van der Waals surface area contributed by atoms with Gasteiger partial charge in [-0.05, 0) is 42.0 Å². The molecule has 0 heterocycles. The second-order valence-electron chi connectivity index (χ2n) is 4.00. The van der Waals surface area contributed by atoms with Gasteiger partial charge >= 0.3 is 0 Å². The molecule has 2 aromatic carbocycles. The third-order valence-corrected chi connectivity index (χ3v) is 3.25. The number of amides is 1. The van der Waals surface area contributed by atoms with Crippen LogP contribution in [0.1, 0.15) is 5.56 Å². The zero-order valence-electron chi connectivity index (χ0n) is 10.2. The van der Waals surface area contributed by atoms with Crippen molar-refractivity contribution in [2.45, 2.75) is 0 Å². The number of halogens is 3. The fraction of sp³-hybridized carbons (Fsp3) is 0. The molecule has 1 amide bonds. The molecule has 0 saturated heterocycles. The molecule has 2 rings (SSSR count). The number of hydrogen-bond donors (Lipinski definition) is 1. The van der Waals surface area contributed by atoms with Crippen LogP contribution in [0.4, 0.5) is 10.1 Å². The number of carbonyl (C=O) groups is 1.